The molecule has 0 saturated carbocycles. The molecule has 66 valence electrons. The maximum Gasteiger partial charge on any atom is 0.181 e. The van der Waals surface area contributed by atoms with E-state index >= 15 is 0 Å². The molecule has 0 aromatic carbocycles. The highest BCUT2D eigenvalue weighted by Gasteiger charge is 2.33. The van der Waals surface area contributed by atoms with Crippen LogP contribution in [0.4, 0.5) is 0 Å². The van der Waals surface area contributed by atoms with Crippen LogP contribution < -0.4 is 0 Å². The summed E-state index contributed by atoms with van der Waals surface area (Å²) in [7, 11) is 1.56. The first-order chi connectivity index (χ1) is 5.15. The quantitative estimate of drug-likeness (QED) is 0.545. The fraction of sp³-hybridized carbons (Fsp3) is 1.00. The first-order valence-electron chi connectivity index (χ1n) is 3.69. The molecule has 1 aliphatic rings. The lowest BCUT2D eigenvalue weighted by Gasteiger charge is -2.34. The summed E-state index contributed by atoms with van der Waals surface area (Å²) in [5, 5.41) is 18.2. The Morgan fingerprint density at radius 3 is 2.64 bits per heavy atom. The van der Waals surface area contributed by atoms with Gasteiger partial charge in [0.1, 0.15) is 6.10 Å². The number of hydrogen-bond acceptors (Lipinski definition) is 4. The van der Waals surface area contributed by atoms with Crippen molar-refractivity contribution in [1.82, 2.24) is 0 Å². The van der Waals surface area contributed by atoms with Gasteiger partial charge in [-0.2, -0.15) is 0 Å². The Bertz CT molecular complexity index is 128. The third-order valence-corrected chi connectivity index (χ3v) is 1.98. The van der Waals surface area contributed by atoms with Crippen LogP contribution in [0.15, 0.2) is 0 Å². The first kappa shape index (κ1) is 8.93. The Morgan fingerprint density at radius 2 is 2.09 bits per heavy atom. The van der Waals surface area contributed by atoms with Crippen molar-refractivity contribution in [3.05, 3.63) is 0 Å². The van der Waals surface area contributed by atoms with Gasteiger partial charge < -0.3 is 19.7 Å². The van der Waals surface area contributed by atoms with Crippen molar-refractivity contribution < 1.29 is 19.7 Å². The minimum absolute atomic E-state index is 0.117. The molecule has 4 nitrogen and oxygen atoms in total. The number of aliphatic hydroxyl groups excluding tert-OH is 2. The van der Waals surface area contributed by atoms with Crippen molar-refractivity contribution in [3.63, 3.8) is 0 Å². The topological polar surface area (TPSA) is 58.9 Å². The van der Waals surface area contributed by atoms with Gasteiger partial charge in [-0.3, -0.25) is 0 Å². The van der Waals surface area contributed by atoms with E-state index in [1.54, 1.807) is 7.11 Å². The van der Waals surface area contributed by atoms with E-state index < -0.39 is 12.4 Å². The molecule has 1 rings (SSSR count). The summed E-state index contributed by atoms with van der Waals surface area (Å²) in [6.07, 6.45) is -1.72. The van der Waals surface area contributed by atoms with Gasteiger partial charge >= 0.3 is 0 Å². The van der Waals surface area contributed by atoms with Gasteiger partial charge in [0, 0.05) is 13.5 Å². The van der Waals surface area contributed by atoms with Crippen LogP contribution in [0, 0.1) is 0 Å². The second-order valence-electron chi connectivity index (χ2n) is 2.81. The Labute approximate surface area is 65.7 Å². The Balaban J connectivity index is 2.48. The summed E-state index contributed by atoms with van der Waals surface area (Å²) in [6, 6.07) is 0. The van der Waals surface area contributed by atoms with E-state index in [4.69, 9.17) is 19.7 Å². The smallest absolute Gasteiger partial charge is 0.181 e. The Morgan fingerprint density at radius 1 is 1.45 bits per heavy atom. The highest BCUT2D eigenvalue weighted by atomic mass is 16.6. The summed E-state index contributed by atoms with van der Waals surface area (Å²) in [4.78, 5) is 0. The van der Waals surface area contributed by atoms with Crippen molar-refractivity contribution in [2.45, 2.75) is 37.9 Å². The molecule has 0 aromatic rings. The molecule has 1 fully saturated rings. The normalized spacial score (nSPS) is 45.8. The summed E-state index contributed by atoms with van der Waals surface area (Å²) >= 11 is 0. The van der Waals surface area contributed by atoms with Crippen molar-refractivity contribution in [1.29, 1.82) is 0 Å². The fourth-order valence-electron chi connectivity index (χ4n) is 1.23. The zero-order valence-corrected chi connectivity index (χ0v) is 6.73. The van der Waals surface area contributed by atoms with E-state index in [9.17, 15) is 0 Å². The molecule has 1 saturated heterocycles. The van der Waals surface area contributed by atoms with Gasteiger partial charge in [-0.25, -0.2) is 0 Å². The molecule has 0 aromatic heterocycles. The molecule has 0 spiro atoms. The van der Waals surface area contributed by atoms with Gasteiger partial charge in [-0.15, -0.1) is 0 Å². The van der Waals surface area contributed by atoms with Gasteiger partial charge in [0.25, 0.3) is 0 Å². The summed E-state index contributed by atoms with van der Waals surface area (Å²) in [6.45, 7) is 1.81. The van der Waals surface area contributed by atoms with E-state index in [2.05, 4.69) is 0 Å². The first-order valence-corrected chi connectivity index (χ1v) is 3.69. The molecule has 1 aliphatic heterocycles. The minimum Gasteiger partial charge on any atom is -0.388 e. The molecule has 4 heteroatoms. The molecular weight excluding hydrogens is 148 g/mol. The average molecular weight is 162 g/mol. The van der Waals surface area contributed by atoms with E-state index in [0.29, 0.717) is 6.42 Å². The van der Waals surface area contributed by atoms with Crippen LogP contribution in [-0.2, 0) is 9.47 Å². The molecular formula is C7H14O4. The van der Waals surface area contributed by atoms with Gasteiger partial charge in [0.15, 0.2) is 6.29 Å². The third-order valence-electron chi connectivity index (χ3n) is 1.98. The van der Waals surface area contributed by atoms with Gasteiger partial charge in [0.2, 0.25) is 0 Å². The van der Waals surface area contributed by atoms with E-state index in [0.717, 1.165) is 0 Å². The number of ether oxygens (including phenoxy) is 2. The van der Waals surface area contributed by atoms with Crippen molar-refractivity contribution in [2.75, 3.05) is 7.11 Å². The predicted octanol–water partition coefficient (Wildman–Crippen LogP) is -0.510. The lowest BCUT2D eigenvalue weighted by Crippen LogP contribution is -2.46. The van der Waals surface area contributed by atoms with E-state index in [1.807, 2.05) is 6.92 Å². The fourth-order valence-corrected chi connectivity index (χ4v) is 1.23. The van der Waals surface area contributed by atoms with Crippen LogP contribution in [0.1, 0.15) is 13.3 Å². The van der Waals surface area contributed by atoms with Crippen LogP contribution in [0.2, 0.25) is 0 Å². The van der Waals surface area contributed by atoms with Crippen molar-refractivity contribution in [2.24, 2.45) is 0 Å². The summed E-state index contributed by atoms with van der Waals surface area (Å²) in [5.41, 5.74) is 0. The van der Waals surface area contributed by atoms with E-state index in [1.165, 1.54) is 0 Å². The number of rotatable bonds is 1. The molecule has 0 bridgehead atoms. The summed E-state index contributed by atoms with van der Waals surface area (Å²) in [5.74, 6) is 0. The van der Waals surface area contributed by atoms with Crippen molar-refractivity contribution >= 4 is 0 Å². The highest BCUT2D eigenvalue weighted by Crippen LogP contribution is 2.20. The maximum absolute atomic E-state index is 9.14. The highest BCUT2D eigenvalue weighted by molar-refractivity contribution is 4.78. The van der Waals surface area contributed by atoms with Crippen LogP contribution in [0.5, 0.6) is 0 Å². The molecule has 4 atom stereocenters. The second-order valence-corrected chi connectivity index (χ2v) is 2.81. The molecule has 1 heterocycles. The minimum atomic E-state index is -1.06. The zero-order chi connectivity index (χ0) is 8.43. The molecule has 11 heavy (non-hydrogen) atoms. The number of aliphatic hydroxyl groups is 2. The number of hydrogen-bond donors (Lipinski definition) is 2. The predicted molar refractivity (Wildman–Crippen MR) is 38.0 cm³/mol. The number of methoxy groups -OCH3 is 1. The van der Waals surface area contributed by atoms with Crippen LogP contribution in [-0.4, -0.2) is 41.9 Å². The average Bonchev–Trinajstić information content (AvgIpc) is 1.97. The monoisotopic (exact) mass is 162 g/mol. The maximum atomic E-state index is 9.14. The second kappa shape index (κ2) is 3.49. The van der Waals surface area contributed by atoms with E-state index in [-0.39, 0.29) is 12.2 Å². The Hall–Kier alpha value is -0.160. The zero-order valence-electron chi connectivity index (χ0n) is 6.73. The molecule has 2 N–H and O–H groups in total. The lowest BCUT2D eigenvalue weighted by molar-refractivity contribution is -0.244. The molecule has 0 radical (unpaired) electrons. The van der Waals surface area contributed by atoms with Gasteiger partial charge in [0.05, 0.1) is 12.2 Å². The van der Waals surface area contributed by atoms with Crippen LogP contribution in [0.3, 0.4) is 0 Å². The summed E-state index contributed by atoms with van der Waals surface area (Å²) < 4.78 is 10.0. The van der Waals surface area contributed by atoms with Crippen LogP contribution >= 0.6 is 0 Å². The molecule has 0 aliphatic carbocycles. The standard InChI is InChI=1S/C7H14O4/c1-4-6(10-2)3-5(8)7(9)11-4/h4-9H,3H2,1-2H3/t4-,5+,6+,7+/m0/s1. The largest absolute Gasteiger partial charge is 0.388 e. The Kier molecular flexibility index (Phi) is 2.84. The van der Waals surface area contributed by atoms with Crippen molar-refractivity contribution in [3.8, 4) is 0 Å². The molecule has 0 amide bonds. The van der Waals surface area contributed by atoms with Crippen LogP contribution in [0.25, 0.3) is 0 Å². The lowest BCUT2D eigenvalue weighted by atomic mass is 10.0. The van der Waals surface area contributed by atoms with Gasteiger partial charge in [-0.1, -0.05) is 0 Å². The SMILES string of the molecule is CO[C@@H]1C[C@@H](O)[C@H](O)O[C@H]1C. The van der Waals surface area contributed by atoms with Gasteiger partial charge in [-0.05, 0) is 6.92 Å². The molecule has 0 unspecified atom stereocenters. The third kappa shape index (κ3) is 1.90.